The molecule has 0 saturated carbocycles. The molecule has 2 rings (SSSR count). The minimum Gasteiger partial charge on any atom is -1.00 e. The molecule has 0 aliphatic carbocycles. The maximum absolute atomic E-state index is 12.4. The Kier molecular flexibility index (Phi) is 7.35. The number of hydrogen-bond acceptors (Lipinski definition) is 5. The summed E-state index contributed by atoms with van der Waals surface area (Å²) in [5.41, 5.74) is 0.402. The van der Waals surface area contributed by atoms with Gasteiger partial charge in [0.25, 0.3) is 0 Å². The quantitative estimate of drug-likeness (QED) is 0.471. The molecule has 1 aromatic carbocycles. The van der Waals surface area contributed by atoms with Crippen LogP contribution in [0.1, 0.15) is 23.2 Å². The number of methoxy groups -OCH3 is 3. The van der Waals surface area contributed by atoms with Crippen molar-refractivity contribution in [1.82, 2.24) is 0 Å². The van der Waals surface area contributed by atoms with E-state index in [-0.39, 0.29) is 29.1 Å². The molecule has 0 unspecified atom stereocenters. The zero-order valence-electron chi connectivity index (χ0n) is 14.9. The fourth-order valence-corrected chi connectivity index (χ4v) is 2.78. The number of carbonyl (C=O) groups excluding carboxylic acids is 1. The number of piperidine rings is 1. The van der Waals surface area contributed by atoms with Crippen LogP contribution >= 0.6 is 0 Å². The monoisotopic (exact) mass is 403 g/mol. The van der Waals surface area contributed by atoms with Crippen LogP contribution in [0.2, 0.25) is 0 Å². The van der Waals surface area contributed by atoms with Crippen molar-refractivity contribution in [1.29, 1.82) is 0 Å². The van der Waals surface area contributed by atoms with Crippen molar-refractivity contribution in [2.45, 2.75) is 18.9 Å². The number of rotatable bonds is 5. The van der Waals surface area contributed by atoms with E-state index in [0.717, 1.165) is 30.4 Å². The molecule has 24 heavy (non-hydrogen) atoms. The summed E-state index contributed by atoms with van der Waals surface area (Å²) in [7, 11) is 8.95. The molecule has 0 radical (unpaired) electrons. The highest BCUT2D eigenvalue weighted by atomic mass is 79.9. The average molecular weight is 404 g/mol. The minimum absolute atomic E-state index is 0. The zero-order chi connectivity index (χ0) is 17.0. The molecular weight excluding hydrogens is 378 g/mol. The Labute approximate surface area is 154 Å². The van der Waals surface area contributed by atoms with Gasteiger partial charge >= 0.3 is 5.97 Å². The number of ether oxygens (including phenoxy) is 4. The van der Waals surface area contributed by atoms with Gasteiger partial charge in [0.05, 0.1) is 54.1 Å². The first-order chi connectivity index (χ1) is 10.9. The van der Waals surface area contributed by atoms with Crippen molar-refractivity contribution >= 4 is 5.97 Å². The van der Waals surface area contributed by atoms with Gasteiger partial charge in [-0.2, -0.15) is 0 Å². The Bertz CT molecular complexity index is 541. The molecule has 0 amide bonds. The van der Waals surface area contributed by atoms with Gasteiger partial charge in [-0.15, -0.1) is 0 Å². The van der Waals surface area contributed by atoms with Crippen molar-refractivity contribution < 1.29 is 45.2 Å². The van der Waals surface area contributed by atoms with Crippen LogP contribution in [0, 0.1) is 0 Å². The SMILES string of the molecule is COc1cc(C(=O)OC2CC[N+](C)(C)CC2)cc(OC)c1OC.[Br-]. The standard InChI is InChI=1S/C17H26NO5.BrH/c1-18(2)8-6-13(7-9-18)23-17(19)12-10-14(20-3)16(22-5)15(11-12)21-4;/h10-11,13H,6-9H2,1-5H3;1H/q+1;/p-1. The maximum Gasteiger partial charge on any atom is 0.338 e. The molecule has 136 valence electrons. The molecule has 1 aliphatic rings. The highest BCUT2D eigenvalue weighted by Gasteiger charge is 2.29. The summed E-state index contributed by atoms with van der Waals surface area (Å²) in [5, 5.41) is 0. The second-order valence-corrected chi connectivity index (χ2v) is 6.40. The van der Waals surface area contributed by atoms with Crippen LogP contribution in [0.4, 0.5) is 0 Å². The van der Waals surface area contributed by atoms with Gasteiger partial charge in [0, 0.05) is 12.8 Å². The van der Waals surface area contributed by atoms with Crippen molar-refractivity contribution in [2.75, 3.05) is 48.5 Å². The summed E-state index contributed by atoms with van der Waals surface area (Å²) >= 11 is 0. The van der Waals surface area contributed by atoms with Gasteiger partial charge in [0.1, 0.15) is 6.10 Å². The first-order valence-electron chi connectivity index (χ1n) is 7.73. The topological polar surface area (TPSA) is 54.0 Å². The van der Waals surface area contributed by atoms with E-state index >= 15 is 0 Å². The van der Waals surface area contributed by atoms with Gasteiger partial charge in [0.2, 0.25) is 5.75 Å². The van der Waals surface area contributed by atoms with Crippen LogP contribution in [-0.4, -0.2) is 65.1 Å². The number of carbonyl (C=O) groups is 1. The number of quaternary nitrogens is 1. The number of esters is 1. The van der Waals surface area contributed by atoms with Crippen molar-refractivity contribution in [3.8, 4) is 17.2 Å². The molecule has 1 saturated heterocycles. The molecule has 1 fully saturated rings. The molecule has 1 aliphatic heterocycles. The first-order valence-corrected chi connectivity index (χ1v) is 7.73. The van der Waals surface area contributed by atoms with E-state index in [1.807, 2.05) is 0 Å². The van der Waals surface area contributed by atoms with Gasteiger partial charge in [0.15, 0.2) is 11.5 Å². The Hall–Kier alpha value is -1.47. The smallest absolute Gasteiger partial charge is 0.338 e. The normalized spacial score (nSPS) is 16.7. The van der Waals surface area contributed by atoms with Gasteiger partial charge in [-0.1, -0.05) is 0 Å². The summed E-state index contributed by atoms with van der Waals surface area (Å²) in [5.74, 6) is 0.991. The average Bonchev–Trinajstić information content (AvgIpc) is 2.55. The fourth-order valence-electron chi connectivity index (χ4n) is 2.78. The van der Waals surface area contributed by atoms with Crippen molar-refractivity contribution in [3.05, 3.63) is 17.7 Å². The lowest BCUT2D eigenvalue weighted by atomic mass is 10.1. The zero-order valence-corrected chi connectivity index (χ0v) is 16.5. The van der Waals surface area contributed by atoms with Crippen LogP contribution < -0.4 is 31.2 Å². The highest BCUT2D eigenvalue weighted by molar-refractivity contribution is 5.91. The van der Waals surface area contributed by atoms with Gasteiger partial charge < -0.3 is 40.4 Å². The van der Waals surface area contributed by atoms with Gasteiger partial charge in [-0.25, -0.2) is 4.79 Å². The molecule has 1 heterocycles. The summed E-state index contributed by atoms with van der Waals surface area (Å²) in [6.07, 6.45) is 1.72. The van der Waals surface area contributed by atoms with E-state index in [2.05, 4.69) is 14.1 Å². The van der Waals surface area contributed by atoms with Crippen LogP contribution in [0.5, 0.6) is 17.2 Å². The second kappa shape index (κ2) is 8.58. The second-order valence-electron chi connectivity index (χ2n) is 6.40. The summed E-state index contributed by atoms with van der Waals surface area (Å²) in [6.45, 7) is 2.01. The van der Waals surface area contributed by atoms with Crippen LogP contribution in [0.15, 0.2) is 12.1 Å². The summed E-state index contributed by atoms with van der Waals surface area (Å²) in [4.78, 5) is 12.4. The molecule has 7 heteroatoms. The predicted molar refractivity (Wildman–Crippen MR) is 86.4 cm³/mol. The van der Waals surface area contributed by atoms with Crippen LogP contribution in [-0.2, 0) is 4.74 Å². The molecule has 0 spiro atoms. The third-order valence-corrected chi connectivity index (χ3v) is 4.29. The van der Waals surface area contributed by atoms with E-state index in [1.54, 1.807) is 12.1 Å². The lowest BCUT2D eigenvalue weighted by molar-refractivity contribution is -0.896. The molecule has 0 atom stereocenters. The van der Waals surface area contributed by atoms with Gasteiger partial charge in [-0.05, 0) is 12.1 Å². The first kappa shape index (κ1) is 20.6. The number of nitrogens with zero attached hydrogens (tertiary/aromatic N) is 1. The van der Waals surface area contributed by atoms with E-state index in [4.69, 9.17) is 18.9 Å². The third-order valence-electron chi connectivity index (χ3n) is 4.29. The number of halogens is 1. The van der Waals surface area contributed by atoms with Crippen LogP contribution in [0.25, 0.3) is 0 Å². The van der Waals surface area contributed by atoms with Crippen LogP contribution in [0.3, 0.4) is 0 Å². The fraction of sp³-hybridized carbons (Fsp3) is 0.588. The van der Waals surface area contributed by atoms with E-state index in [1.165, 1.54) is 21.3 Å². The predicted octanol–water partition coefficient (Wildman–Crippen LogP) is -0.888. The van der Waals surface area contributed by atoms with E-state index in [9.17, 15) is 4.79 Å². The van der Waals surface area contributed by atoms with E-state index < -0.39 is 0 Å². The lowest BCUT2D eigenvalue weighted by Crippen LogP contribution is -3.00. The molecule has 6 nitrogen and oxygen atoms in total. The number of likely N-dealkylation sites (tertiary alicyclic amines) is 1. The highest BCUT2D eigenvalue weighted by Crippen LogP contribution is 2.38. The Morgan fingerprint density at radius 2 is 1.50 bits per heavy atom. The molecule has 0 aromatic heterocycles. The van der Waals surface area contributed by atoms with Gasteiger partial charge in [-0.3, -0.25) is 0 Å². The Balaban J connectivity index is 0.00000288. The lowest BCUT2D eigenvalue weighted by Gasteiger charge is -2.36. The van der Waals surface area contributed by atoms with Crippen molar-refractivity contribution in [3.63, 3.8) is 0 Å². The minimum atomic E-state index is -0.360. The summed E-state index contributed by atoms with van der Waals surface area (Å²) < 4.78 is 22.4. The molecular formula is C17H26BrNO5. The third kappa shape index (κ3) is 4.77. The summed E-state index contributed by atoms with van der Waals surface area (Å²) in [6, 6.07) is 3.24. The largest absolute Gasteiger partial charge is 1.00 e. The maximum atomic E-state index is 12.4. The Morgan fingerprint density at radius 1 is 1.00 bits per heavy atom. The molecule has 0 N–H and O–H groups in total. The molecule has 1 aromatic rings. The molecule has 0 bridgehead atoms. The Morgan fingerprint density at radius 3 is 1.92 bits per heavy atom. The number of benzene rings is 1. The van der Waals surface area contributed by atoms with E-state index in [0.29, 0.717) is 22.8 Å². The van der Waals surface area contributed by atoms with Crippen molar-refractivity contribution in [2.24, 2.45) is 0 Å². The number of hydrogen-bond donors (Lipinski definition) is 0.